The quantitative estimate of drug-likeness (QED) is 0.635. The van der Waals surface area contributed by atoms with Crippen molar-refractivity contribution < 1.29 is 4.79 Å². The van der Waals surface area contributed by atoms with Gasteiger partial charge in [-0.2, -0.15) is 0 Å². The first-order chi connectivity index (χ1) is 5.33. The molecular weight excluding hydrogens is 138 g/mol. The van der Waals surface area contributed by atoms with Crippen molar-refractivity contribution in [3.63, 3.8) is 0 Å². The van der Waals surface area contributed by atoms with Crippen molar-refractivity contribution in [3.8, 4) is 0 Å². The van der Waals surface area contributed by atoms with Crippen LogP contribution in [0.3, 0.4) is 0 Å². The van der Waals surface area contributed by atoms with Gasteiger partial charge in [0.05, 0.1) is 5.70 Å². The highest BCUT2D eigenvalue weighted by molar-refractivity contribution is 5.80. The zero-order valence-electron chi connectivity index (χ0n) is 5.95. The van der Waals surface area contributed by atoms with Crippen LogP contribution in [0.1, 0.15) is 5.56 Å². The highest BCUT2D eigenvalue weighted by Gasteiger charge is 1.87. The predicted octanol–water partition coefficient (Wildman–Crippen LogP) is 1.10. The number of benzene rings is 1. The zero-order valence-corrected chi connectivity index (χ0v) is 5.95. The summed E-state index contributed by atoms with van der Waals surface area (Å²) in [5, 5.41) is 0. The first kappa shape index (κ1) is 7.54. The van der Waals surface area contributed by atoms with Crippen LogP contribution in [0.5, 0.6) is 0 Å². The Balaban J connectivity index is 2.87. The maximum Gasteiger partial charge on any atom is 0.250 e. The number of nitrogens with two attached hydrogens (primary N) is 1. The Labute approximate surface area is 65.3 Å². The van der Waals surface area contributed by atoms with E-state index in [1.165, 1.54) is 0 Å². The summed E-state index contributed by atoms with van der Waals surface area (Å²) in [7, 11) is 0. The fourth-order valence-corrected chi connectivity index (χ4v) is 0.758. The molecule has 2 heteroatoms. The van der Waals surface area contributed by atoms with E-state index in [0.717, 1.165) is 5.56 Å². The SMILES string of the molecule is N/C([C]=O)=C/c1ccccc1. The maximum atomic E-state index is 9.99. The van der Waals surface area contributed by atoms with E-state index in [1.54, 1.807) is 12.4 Å². The van der Waals surface area contributed by atoms with E-state index < -0.39 is 0 Å². The lowest BCUT2D eigenvalue weighted by Gasteiger charge is -1.90. The topological polar surface area (TPSA) is 43.1 Å². The molecule has 55 valence electrons. The molecule has 0 unspecified atom stereocenters. The molecule has 1 aromatic carbocycles. The van der Waals surface area contributed by atoms with Crippen molar-refractivity contribution in [1.29, 1.82) is 0 Å². The van der Waals surface area contributed by atoms with E-state index in [9.17, 15) is 4.79 Å². The predicted molar refractivity (Wildman–Crippen MR) is 44.3 cm³/mol. The number of allylic oxidation sites excluding steroid dienone is 1. The van der Waals surface area contributed by atoms with Gasteiger partial charge in [0.25, 0.3) is 6.29 Å². The molecule has 2 nitrogen and oxygen atoms in total. The molecular formula is C9H8NO. The second-order valence-electron chi connectivity index (χ2n) is 2.11. The molecule has 1 rings (SSSR count). The number of hydrogen-bond donors (Lipinski definition) is 1. The second-order valence-corrected chi connectivity index (χ2v) is 2.11. The Morgan fingerprint density at radius 2 is 2.00 bits per heavy atom. The average molecular weight is 146 g/mol. The highest BCUT2D eigenvalue weighted by atomic mass is 16.1. The smallest absolute Gasteiger partial charge is 0.250 e. The molecule has 1 radical (unpaired) electrons. The Morgan fingerprint density at radius 1 is 1.36 bits per heavy atom. The normalized spacial score (nSPS) is 11.1. The number of rotatable bonds is 2. The van der Waals surface area contributed by atoms with Gasteiger partial charge in [0.2, 0.25) is 0 Å². The second kappa shape index (κ2) is 3.56. The summed E-state index contributed by atoms with van der Waals surface area (Å²) in [6.07, 6.45) is 3.18. The fraction of sp³-hybridized carbons (Fsp3) is 0. The molecule has 11 heavy (non-hydrogen) atoms. The zero-order chi connectivity index (χ0) is 8.10. The van der Waals surface area contributed by atoms with E-state index >= 15 is 0 Å². The van der Waals surface area contributed by atoms with Crippen molar-refractivity contribution in [2.75, 3.05) is 0 Å². The lowest BCUT2D eigenvalue weighted by atomic mass is 10.2. The van der Waals surface area contributed by atoms with Gasteiger partial charge in [-0.1, -0.05) is 30.3 Å². The standard InChI is InChI=1S/C9H8NO/c10-9(7-11)6-8-4-2-1-3-5-8/h1-6H,10H2/b9-6+. The summed E-state index contributed by atoms with van der Waals surface area (Å²) in [6, 6.07) is 9.39. The van der Waals surface area contributed by atoms with Gasteiger partial charge >= 0.3 is 0 Å². The minimum absolute atomic E-state index is 0.121. The van der Waals surface area contributed by atoms with E-state index in [-0.39, 0.29) is 5.70 Å². The first-order valence-corrected chi connectivity index (χ1v) is 3.23. The summed E-state index contributed by atoms with van der Waals surface area (Å²) in [5.74, 6) is 0. The summed E-state index contributed by atoms with van der Waals surface area (Å²) in [5.41, 5.74) is 6.27. The van der Waals surface area contributed by atoms with Gasteiger partial charge in [0.1, 0.15) is 0 Å². The minimum Gasteiger partial charge on any atom is -0.395 e. The number of hydrogen-bond acceptors (Lipinski definition) is 2. The van der Waals surface area contributed by atoms with Crippen LogP contribution in [-0.4, -0.2) is 6.29 Å². The van der Waals surface area contributed by atoms with Crippen molar-refractivity contribution in [2.45, 2.75) is 0 Å². The first-order valence-electron chi connectivity index (χ1n) is 3.23. The molecule has 0 amide bonds. The molecule has 0 spiro atoms. The molecule has 2 N–H and O–H groups in total. The van der Waals surface area contributed by atoms with E-state index in [4.69, 9.17) is 5.73 Å². The summed E-state index contributed by atoms with van der Waals surface area (Å²) in [4.78, 5) is 9.99. The van der Waals surface area contributed by atoms with Gasteiger partial charge < -0.3 is 5.73 Å². The van der Waals surface area contributed by atoms with Crippen LogP contribution in [0, 0.1) is 0 Å². The summed E-state index contributed by atoms with van der Waals surface area (Å²) in [6.45, 7) is 0. The lowest BCUT2D eigenvalue weighted by Crippen LogP contribution is -1.96. The number of carbonyl (C=O) groups excluding carboxylic acids is 1. The largest absolute Gasteiger partial charge is 0.395 e. The molecule has 0 heterocycles. The maximum absolute atomic E-state index is 9.99. The Kier molecular flexibility index (Phi) is 2.44. The molecule has 0 saturated heterocycles. The van der Waals surface area contributed by atoms with Crippen LogP contribution in [0.4, 0.5) is 0 Å². The Bertz CT molecular complexity index is 264. The van der Waals surface area contributed by atoms with E-state index in [0.29, 0.717) is 0 Å². The molecule has 0 atom stereocenters. The van der Waals surface area contributed by atoms with Gasteiger partial charge in [-0.15, -0.1) is 0 Å². The Hall–Kier alpha value is -1.57. The van der Waals surface area contributed by atoms with Crippen molar-refractivity contribution >= 4 is 12.4 Å². The summed E-state index contributed by atoms with van der Waals surface area (Å²) < 4.78 is 0. The van der Waals surface area contributed by atoms with E-state index in [1.807, 2.05) is 30.3 Å². The van der Waals surface area contributed by atoms with Crippen LogP contribution < -0.4 is 5.73 Å². The van der Waals surface area contributed by atoms with Gasteiger partial charge in [-0.05, 0) is 11.6 Å². The third-order valence-electron chi connectivity index (χ3n) is 1.24. The third-order valence-corrected chi connectivity index (χ3v) is 1.24. The molecule has 0 bridgehead atoms. The lowest BCUT2D eigenvalue weighted by molar-refractivity contribution is 0.561. The fourth-order valence-electron chi connectivity index (χ4n) is 0.758. The van der Waals surface area contributed by atoms with Crippen LogP contribution in [-0.2, 0) is 4.79 Å². The molecule has 0 saturated carbocycles. The Morgan fingerprint density at radius 3 is 2.55 bits per heavy atom. The van der Waals surface area contributed by atoms with Gasteiger partial charge in [-0.3, -0.25) is 4.79 Å². The molecule has 1 aromatic rings. The van der Waals surface area contributed by atoms with Gasteiger partial charge in [0.15, 0.2) is 0 Å². The van der Waals surface area contributed by atoms with Crippen molar-refractivity contribution in [2.24, 2.45) is 5.73 Å². The van der Waals surface area contributed by atoms with Crippen LogP contribution in [0.15, 0.2) is 36.0 Å². The van der Waals surface area contributed by atoms with Gasteiger partial charge in [-0.25, -0.2) is 0 Å². The van der Waals surface area contributed by atoms with Crippen molar-refractivity contribution in [3.05, 3.63) is 41.6 Å². The van der Waals surface area contributed by atoms with Crippen LogP contribution >= 0.6 is 0 Å². The molecule has 0 aliphatic rings. The molecule has 0 aliphatic carbocycles. The molecule has 0 aromatic heterocycles. The third kappa shape index (κ3) is 2.26. The average Bonchev–Trinajstić information content (AvgIpc) is 2.06. The van der Waals surface area contributed by atoms with Gasteiger partial charge in [0, 0.05) is 0 Å². The van der Waals surface area contributed by atoms with Crippen LogP contribution in [0.25, 0.3) is 6.08 Å². The highest BCUT2D eigenvalue weighted by Crippen LogP contribution is 2.01. The monoisotopic (exact) mass is 146 g/mol. The van der Waals surface area contributed by atoms with Crippen molar-refractivity contribution in [1.82, 2.24) is 0 Å². The van der Waals surface area contributed by atoms with Crippen LogP contribution in [0.2, 0.25) is 0 Å². The minimum atomic E-state index is 0.121. The summed E-state index contributed by atoms with van der Waals surface area (Å²) >= 11 is 0. The molecule has 0 aliphatic heterocycles. The van der Waals surface area contributed by atoms with E-state index in [2.05, 4.69) is 0 Å². The molecule has 0 fully saturated rings.